The first kappa shape index (κ1) is 16.9. The van der Waals surface area contributed by atoms with E-state index in [1.807, 2.05) is 0 Å². The molecule has 23 heavy (non-hydrogen) atoms. The second-order valence-electron chi connectivity index (χ2n) is 4.80. The van der Waals surface area contributed by atoms with Gasteiger partial charge in [-0.05, 0) is 6.07 Å². The third kappa shape index (κ3) is 3.49. The van der Waals surface area contributed by atoms with Crippen molar-refractivity contribution in [1.29, 1.82) is 0 Å². The fourth-order valence-electron chi connectivity index (χ4n) is 2.22. The number of carbonyl (C=O) groups excluding carboxylic acids is 2. The van der Waals surface area contributed by atoms with Crippen LogP contribution in [0.3, 0.4) is 0 Å². The Hall–Kier alpha value is -2.45. The number of hydrogen-bond acceptors (Lipinski definition) is 5. The molecule has 2 rings (SSSR count). The van der Waals surface area contributed by atoms with Crippen LogP contribution in [0.15, 0.2) is 12.1 Å². The van der Waals surface area contributed by atoms with Crippen LogP contribution in [-0.4, -0.2) is 37.6 Å². The Morgan fingerprint density at radius 2 is 1.65 bits per heavy atom. The van der Waals surface area contributed by atoms with Gasteiger partial charge in [0, 0.05) is 18.9 Å². The Morgan fingerprint density at radius 1 is 1.09 bits per heavy atom. The van der Waals surface area contributed by atoms with Crippen molar-refractivity contribution in [2.24, 2.45) is 0 Å². The van der Waals surface area contributed by atoms with Gasteiger partial charge < -0.3 is 14.8 Å². The summed E-state index contributed by atoms with van der Waals surface area (Å²) in [5, 5.41) is 2.63. The molecule has 1 aromatic carbocycles. The zero-order chi connectivity index (χ0) is 17.2. The number of imide groups is 1. The van der Waals surface area contributed by atoms with Gasteiger partial charge in [0.05, 0.1) is 32.1 Å². The van der Waals surface area contributed by atoms with E-state index < -0.39 is 11.7 Å². The molecule has 2 amide bonds. The summed E-state index contributed by atoms with van der Waals surface area (Å²) in [5.41, 5.74) is -0.976. The van der Waals surface area contributed by atoms with E-state index in [2.05, 4.69) is 5.32 Å². The van der Waals surface area contributed by atoms with Crippen molar-refractivity contribution in [3.63, 3.8) is 0 Å². The molecule has 0 radical (unpaired) electrons. The van der Waals surface area contributed by atoms with Crippen molar-refractivity contribution >= 4 is 17.5 Å². The van der Waals surface area contributed by atoms with E-state index in [9.17, 15) is 22.8 Å². The SMILES string of the molecule is COc1cc(OC)c(C(F)(F)F)cc1NCN1C(=O)CCC1=O. The molecule has 0 aliphatic carbocycles. The van der Waals surface area contributed by atoms with Crippen LogP contribution in [0.2, 0.25) is 0 Å². The molecule has 1 N–H and O–H groups in total. The maximum Gasteiger partial charge on any atom is 0.420 e. The number of halogens is 3. The smallest absolute Gasteiger partial charge is 0.420 e. The third-order valence-corrected chi connectivity index (χ3v) is 3.41. The van der Waals surface area contributed by atoms with E-state index in [4.69, 9.17) is 9.47 Å². The molecule has 0 aromatic heterocycles. The first-order valence-corrected chi connectivity index (χ1v) is 6.68. The minimum absolute atomic E-state index is 0.00752. The molecule has 1 saturated heterocycles. The van der Waals surface area contributed by atoms with E-state index in [1.165, 1.54) is 7.11 Å². The number of amides is 2. The first-order valence-electron chi connectivity index (χ1n) is 6.68. The molecule has 1 heterocycles. The minimum Gasteiger partial charge on any atom is -0.496 e. The third-order valence-electron chi connectivity index (χ3n) is 3.41. The van der Waals surface area contributed by atoms with Crippen LogP contribution < -0.4 is 14.8 Å². The van der Waals surface area contributed by atoms with Gasteiger partial charge in [0.25, 0.3) is 0 Å². The number of nitrogens with zero attached hydrogens (tertiary/aromatic N) is 1. The lowest BCUT2D eigenvalue weighted by Gasteiger charge is -2.20. The number of methoxy groups -OCH3 is 2. The number of likely N-dealkylation sites (tertiary alicyclic amines) is 1. The molecule has 1 aliphatic rings. The summed E-state index contributed by atoms with van der Waals surface area (Å²) >= 11 is 0. The molecule has 0 bridgehead atoms. The predicted molar refractivity (Wildman–Crippen MR) is 74.1 cm³/mol. The minimum atomic E-state index is -4.62. The summed E-state index contributed by atoms with van der Waals surface area (Å²) in [7, 11) is 2.41. The molecule has 9 heteroatoms. The van der Waals surface area contributed by atoms with Crippen LogP contribution in [-0.2, 0) is 15.8 Å². The van der Waals surface area contributed by atoms with Crippen molar-refractivity contribution in [3.8, 4) is 11.5 Å². The van der Waals surface area contributed by atoms with Crippen molar-refractivity contribution in [1.82, 2.24) is 4.90 Å². The zero-order valence-electron chi connectivity index (χ0n) is 12.5. The molecule has 1 aromatic rings. The Bertz CT molecular complexity index is 615. The first-order chi connectivity index (χ1) is 10.8. The molecule has 0 saturated carbocycles. The topological polar surface area (TPSA) is 67.9 Å². The van der Waals surface area contributed by atoms with Gasteiger partial charge in [-0.1, -0.05) is 0 Å². The van der Waals surface area contributed by atoms with E-state index in [0.717, 1.165) is 24.1 Å². The van der Waals surface area contributed by atoms with Gasteiger partial charge in [-0.2, -0.15) is 13.2 Å². The van der Waals surface area contributed by atoms with Crippen LogP contribution in [0.5, 0.6) is 11.5 Å². The van der Waals surface area contributed by atoms with Gasteiger partial charge in [0.2, 0.25) is 11.8 Å². The summed E-state index contributed by atoms with van der Waals surface area (Å²) in [4.78, 5) is 24.0. The van der Waals surface area contributed by atoms with Gasteiger partial charge in [-0.25, -0.2) is 0 Å². The van der Waals surface area contributed by atoms with Gasteiger partial charge in [0.1, 0.15) is 11.5 Å². The van der Waals surface area contributed by atoms with Crippen LogP contribution in [0, 0.1) is 0 Å². The molecule has 0 spiro atoms. The molecule has 126 valence electrons. The summed E-state index contributed by atoms with van der Waals surface area (Å²) in [6.07, 6.45) is -4.41. The number of benzene rings is 1. The van der Waals surface area contributed by atoms with Gasteiger partial charge in [-0.15, -0.1) is 0 Å². The number of anilines is 1. The molecular weight excluding hydrogens is 317 g/mol. The quantitative estimate of drug-likeness (QED) is 0.838. The fourth-order valence-corrected chi connectivity index (χ4v) is 2.22. The highest BCUT2D eigenvalue weighted by Crippen LogP contribution is 2.41. The number of rotatable bonds is 5. The van der Waals surface area contributed by atoms with Crippen LogP contribution >= 0.6 is 0 Å². The molecule has 0 unspecified atom stereocenters. The molecule has 1 fully saturated rings. The van der Waals surface area contributed by atoms with Crippen LogP contribution in [0.25, 0.3) is 0 Å². The maximum absolute atomic E-state index is 13.0. The highest BCUT2D eigenvalue weighted by Gasteiger charge is 2.36. The number of hydrogen-bond donors (Lipinski definition) is 1. The standard InChI is InChI=1S/C14H15F3N2O4/c1-22-10-6-11(23-2)9(5-8(10)14(15,16)17)18-7-19-12(20)3-4-13(19)21/h5-6,18H,3-4,7H2,1-2H3. The van der Waals surface area contributed by atoms with Gasteiger partial charge in [-0.3, -0.25) is 14.5 Å². The highest BCUT2D eigenvalue weighted by molar-refractivity contribution is 6.02. The Labute approximate surface area is 130 Å². The summed E-state index contributed by atoms with van der Waals surface area (Å²) in [6, 6.07) is 1.92. The lowest BCUT2D eigenvalue weighted by Crippen LogP contribution is -2.34. The molecule has 0 atom stereocenters. The number of carbonyl (C=O) groups is 2. The van der Waals surface area contributed by atoms with E-state index in [0.29, 0.717) is 0 Å². The van der Waals surface area contributed by atoms with Gasteiger partial charge >= 0.3 is 6.18 Å². The predicted octanol–water partition coefficient (Wildman–Crippen LogP) is 2.24. The van der Waals surface area contributed by atoms with Crippen molar-refractivity contribution in [2.45, 2.75) is 19.0 Å². The molecular formula is C14H15F3N2O4. The van der Waals surface area contributed by atoms with Crippen molar-refractivity contribution in [3.05, 3.63) is 17.7 Å². The second-order valence-corrected chi connectivity index (χ2v) is 4.80. The Morgan fingerprint density at radius 3 is 2.13 bits per heavy atom. The summed E-state index contributed by atoms with van der Waals surface area (Å²) in [6.45, 7) is -0.225. The lowest BCUT2D eigenvalue weighted by molar-refractivity contribution is -0.139. The number of nitrogens with one attached hydrogen (secondary N) is 1. The molecule has 6 nitrogen and oxygen atoms in total. The number of alkyl halides is 3. The molecule has 1 aliphatic heterocycles. The van der Waals surface area contributed by atoms with Gasteiger partial charge in [0.15, 0.2) is 0 Å². The van der Waals surface area contributed by atoms with Crippen LogP contribution in [0.4, 0.5) is 18.9 Å². The number of ether oxygens (including phenoxy) is 2. The summed E-state index contributed by atoms with van der Waals surface area (Å²) < 4.78 is 48.9. The largest absolute Gasteiger partial charge is 0.496 e. The highest BCUT2D eigenvalue weighted by atomic mass is 19.4. The maximum atomic E-state index is 13.0. The van der Waals surface area contributed by atoms with Crippen LogP contribution in [0.1, 0.15) is 18.4 Å². The van der Waals surface area contributed by atoms with E-state index in [1.54, 1.807) is 0 Å². The Balaban J connectivity index is 2.30. The monoisotopic (exact) mass is 332 g/mol. The van der Waals surface area contributed by atoms with E-state index >= 15 is 0 Å². The van der Waals surface area contributed by atoms with Crippen molar-refractivity contribution in [2.75, 3.05) is 26.2 Å². The second kappa shape index (κ2) is 6.35. The average Bonchev–Trinajstić information content (AvgIpc) is 2.82. The average molecular weight is 332 g/mol. The summed E-state index contributed by atoms with van der Waals surface area (Å²) in [5.74, 6) is -1.01. The Kier molecular flexibility index (Phi) is 4.67. The lowest BCUT2D eigenvalue weighted by atomic mass is 10.1. The zero-order valence-corrected chi connectivity index (χ0v) is 12.5. The normalized spacial score (nSPS) is 15.1. The van der Waals surface area contributed by atoms with Crippen molar-refractivity contribution < 1.29 is 32.2 Å². The fraction of sp³-hybridized carbons (Fsp3) is 0.429. The van der Waals surface area contributed by atoms with E-state index in [-0.39, 0.29) is 48.5 Å².